The van der Waals surface area contributed by atoms with Crippen LogP contribution in [0.5, 0.6) is 5.75 Å². The summed E-state index contributed by atoms with van der Waals surface area (Å²) in [4.78, 5) is 23.7. The number of rotatable bonds is 3. The SMILES string of the molecule is CCC(=O)Oc1cc2c(-c3cc4ccccc4o3)cc(=O)oc2cc1C. The van der Waals surface area contributed by atoms with Gasteiger partial charge in [0, 0.05) is 28.8 Å². The highest BCUT2D eigenvalue weighted by Crippen LogP contribution is 2.35. The Morgan fingerprint density at radius 1 is 1.04 bits per heavy atom. The van der Waals surface area contributed by atoms with Crippen molar-refractivity contribution in [1.29, 1.82) is 0 Å². The van der Waals surface area contributed by atoms with E-state index >= 15 is 0 Å². The number of para-hydroxylation sites is 1. The molecule has 5 nitrogen and oxygen atoms in total. The Hall–Kier alpha value is -3.34. The third kappa shape index (κ3) is 2.77. The van der Waals surface area contributed by atoms with Gasteiger partial charge in [0.2, 0.25) is 0 Å². The van der Waals surface area contributed by atoms with Crippen molar-refractivity contribution in [2.24, 2.45) is 0 Å². The van der Waals surface area contributed by atoms with Gasteiger partial charge in [-0.3, -0.25) is 4.79 Å². The first-order chi connectivity index (χ1) is 12.5. The number of hydrogen-bond acceptors (Lipinski definition) is 5. The fourth-order valence-corrected chi connectivity index (χ4v) is 2.91. The van der Waals surface area contributed by atoms with Gasteiger partial charge in [0.15, 0.2) is 0 Å². The van der Waals surface area contributed by atoms with Gasteiger partial charge in [-0.1, -0.05) is 25.1 Å². The molecule has 0 saturated heterocycles. The Balaban J connectivity index is 1.96. The van der Waals surface area contributed by atoms with E-state index in [1.165, 1.54) is 6.07 Å². The van der Waals surface area contributed by atoms with E-state index in [0.717, 1.165) is 11.0 Å². The van der Waals surface area contributed by atoms with Crippen LogP contribution in [0.1, 0.15) is 18.9 Å². The van der Waals surface area contributed by atoms with Crippen molar-refractivity contribution in [3.8, 4) is 17.1 Å². The molecule has 0 amide bonds. The molecule has 0 fully saturated rings. The number of furan rings is 1. The second-order valence-corrected chi connectivity index (χ2v) is 6.07. The summed E-state index contributed by atoms with van der Waals surface area (Å²) in [5.74, 6) is 0.673. The minimum atomic E-state index is -0.467. The fourth-order valence-electron chi connectivity index (χ4n) is 2.91. The number of esters is 1. The van der Waals surface area contributed by atoms with E-state index in [1.807, 2.05) is 30.3 Å². The van der Waals surface area contributed by atoms with Crippen molar-refractivity contribution >= 4 is 27.9 Å². The lowest BCUT2D eigenvalue weighted by Gasteiger charge is -2.09. The van der Waals surface area contributed by atoms with E-state index in [4.69, 9.17) is 13.6 Å². The van der Waals surface area contributed by atoms with E-state index in [0.29, 0.717) is 33.6 Å². The Bertz CT molecular complexity index is 1160. The molecule has 4 aromatic rings. The number of carbonyl (C=O) groups excluding carboxylic acids is 1. The minimum absolute atomic E-state index is 0.276. The average Bonchev–Trinajstić information content (AvgIpc) is 3.05. The lowest BCUT2D eigenvalue weighted by atomic mass is 10.0. The lowest BCUT2D eigenvalue weighted by Crippen LogP contribution is -2.07. The molecule has 130 valence electrons. The van der Waals surface area contributed by atoms with Gasteiger partial charge in [-0.15, -0.1) is 0 Å². The van der Waals surface area contributed by atoms with Crippen molar-refractivity contribution in [2.75, 3.05) is 0 Å². The molecule has 2 aromatic heterocycles. The number of fused-ring (bicyclic) bond motifs is 2. The zero-order valence-corrected chi connectivity index (χ0v) is 14.4. The van der Waals surface area contributed by atoms with Gasteiger partial charge in [0.05, 0.1) is 0 Å². The van der Waals surface area contributed by atoms with Gasteiger partial charge in [-0.05, 0) is 36.8 Å². The highest BCUT2D eigenvalue weighted by atomic mass is 16.5. The van der Waals surface area contributed by atoms with E-state index < -0.39 is 5.63 Å². The minimum Gasteiger partial charge on any atom is -0.456 e. The van der Waals surface area contributed by atoms with E-state index in [1.54, 1.807) is 26.0 Å². The fraction of sp³-hybridized carbons (Fsp3) is 0.143. The zero-order chi connectivity index (χ0) is 18.3. The molecule has 5 heteroatoms. The van der Waals surface area contributed by atoms with Crippen LogP contribution >= 0.6 is 0 Å². The third-order valence-corrected chi connectivity index (χ3v) is 4.24. The Labute approximate surface area is 148 Å². The van der Waals surface area contributed by atoms with Gasteiger partial charge in [0.1, 0.15) is 22.7 Å². The predicted molar refractivity (Wildman–Crippen MR) is 98.4 cm³/mol. The van der Waals surface area contributed by atoms with Crippen LogP contribution in [0.25, 0.3) is 33.3 Å². The molecular formula is C21H16O5. The normalized spacial score (nSPS) is 11.2. The Morgan fingerprint density at radius 2 is 1.85 bits per heavy atom. The second-order valence-electron chi connectivity index (χ2n) is 6.07. The molecule has 0 radical (unpaired) electrons. The van der Waals surface area contributed by atoms with E-state index in [9.17, 15) is 9.59 Å². The van der Waals surface area contributed by atoms with Gasteiger partial charge in [-0.2, -0.15) is 0 Å². The summed E-state index contributed by atoms with van der Waals surface area (Å²) in [6.45, 7) is 3.53. The number of hydrogen-bond donors (Lipinski definition) is 0. The van der Waals surface area contributed by atoms with Crippen LogP contribution in [0.15, 0.2) is 62.2 Å². The standard InChI is InChI=1S/C21H16O5/c1-3-20(22)25-17-10-14-15(11-21(23)26-18(14)8-12(17)2)19-9-13-6-4-5-7-16(13)24-19/h4-11H,3H2,1-2H3. The zero-order valence-electron chi connectivity index (χ0n) is 14.4. The van der Waals surface area contributed by atoms with Crippen LogP contribution in [0.2, 0.25) is 0 Å². The quantitative estimate of drug-likeness (QED) is 0.301. The van der Waals surface area contributed by atoms with Gasteiger partial charge < -0.3 is 13.6 Å². The van der Waals surface area contributed by atoms with Gasteiger partial charge in [0.25, 0.3) is 0 Å². The van der Waals surface area contributed by atoms with Crippen molar-refractivity contribution in [3.05, 3.63) is 64.5 Å². The monoisotopic (exact) mass is 348 g/mol. The molecule has 0 saturated carbocycles. The summed E-state index contributed by atoms with van der Waals surface area (Å²) < 4.78 is 16.6. The van der Waals surface area contributed by atoms with Crippen molar-refractivity contribution in [2.45, 2.75) is 20.3 Å². The largest absolute Gasteiger partial charge is 0.456 e. The van der Waals surface area contributed by atoms with E-state index in [-0.39, 0.29) is 12.4 Å². The molecular weight excluding hydrogens is 332 g/mol. The summed E-state index contributed by atoms with van der Waals surface area (Å²) in [5.41, 5.74) is 1.99. The van der Waals surface area contributed by atoms with Gasteiger partial charge >= 0.3 is 11.6 Å². The van der Waals surface area contributed by atoms with Crippen LogP contribution in [0, 0.1) is 6.92 Å². The number of carbonyl (C=O) groups is 1. The van der Waals surface area contributed by atoms with Crippen LogP contribution < -0.4 is 10.4 Å². The Kier molecular flexibility index (Phi) is 3.84. The summed E-state index contributed by atoms with van der Waals surface area (Å²) in [6, 6.07) is 14.3. The van der Waals surface area contributed by atoms with Crippen molar-refractivity contribution < 1.29 is 18.4 Å². The maximum atomic E-state index is 12.0. The maximum absolute atomic E-state index is 12.0. The average molecular weight is 348 g/mol. The van der Waals surface area contributed by atoms with Crippen molar-refractivity contribution in [1.82, 2.24) is 0 Å². The summed E-state index contributed by atoms with van der Waals surface area (Å²) in [6.07, 6.45) is 0.276. The number of benzene rings is 2. The molecule has 0 spiro atoms. The molecule has 0 bridgehead atoms. The molecule has 4 rings (SSSR count). The summed E-state index contributed by atoms with van der Waals surface area (Å²) >= 11 is 0. The lowest BCUT2D eigenvalue weighted by molar-refractivity contribution is -0.134. The molecule has 26 heavy (non-hydrogen) atoms. The molecule has 2 heterocycles. The third-order valence-electron chi connectivity index (χ3n) is 4.24. The summed E-state index contributed by atoms with van der Waals surface area (Å²) in [7, 11) is 0. The maximum Gasteiger partial charge on any atom is 0.336 e. The molecule has 2 aromatic carbocycles. The molecule has 0 aliphatic rings. The van der Waals surface area contributed by atoms with Crippen LogP contribution in [0.4, 0.5) is 0 Å². The second kappa shape index (κ2) is 6.19. The highest BCUT2D eigenvalue weighted by molar-refractivity contribution is 5.96. The molecule has 0 aliphatic heterocycles. The number of aryl methyl sites for hydroxylation is 1. The predicted octanol–water partition coefficient (Wildman–Crippen LogP) is 4.83. The topological polar surface area (TPSA) is 69.7 Å². The highest BCUT2D eigenvalue weighted by Gasteiger charge is 2.16. The number of ether oxygens (including phenoxy) is 1. The molecule has 0 aliphatic carbocycles. The van der Waals surface area contributed by atoms with Crippen LogP contribution in [-0.4, -0.2) is 5.97 Å². The smallest absolute Gasteiger partial charge is 0.336 e. The van der Waals surface area contributed by atoms with Crippen molar-refractivity contribution in [3.63, 3.8) is 0 Å². The summed E-state index contributed by atoms with van der Waals surface area (Å²) in [5, 5.41) is 1.58. The van der Waals surface area contributed by atoms with Crippen LogP contribution in [0.3, 0.4) is 0 Å². The van der Waals surface area contributed by atoms with Gasteiger partial charge in [-0.25, -0.2) is 4.79 Å². The molecule has 0 atom stereocenters. The Morgan fingerprint density at radius 3 is 2.62 bits per heavy atom. The first kappa shape index (κ1) is 16.1. The first-order valence-electron chi connectivity index (χ1n) is 8.33. The van der Waals surface area contributed by atoms with Crippen LogP contribution in [-0.2, 0) is 4.79 Å². The first-order valence-corrected chi connectivity index (χ1v) is 8.33. The molecule has 0 unspecified atom stereocenters. The molecule has 0 N–H and O–H groups in total. The van der Waals surface area contributed by atoms with E-state index in [2.05, 4.69) is 0 Å².